The van der Waals surface area contributed by atoms with Gasteiger partial charge in [-0.2, -0.15) is 4.98 Å². The fourth-order valence-electron chi connectivity index (χ4n) is 6.90. The summed E-state index contributed by atoms with van der Waals surface area (Å²) in [5.74, 6) is -2.04. The number of rotatable bonds is 8. The van der Waals surface area contributed by atoms with E-state index in [1.807, 2.05) is 56.3 Å². The van der Waals surface area contributed by atoms with Crippen LogP contribution in [0.5, 0.6) is 5.75 Å². The Bertz CT molecular complexity index is 1910. The van der Waals surface area contributed by atoms with Gasteiger partial charge in [-0.1, -0.05) is 58.0 Å². The fourth-order valence-corrected chi connectivity index (χ4v) is 6.90. The molecule has 3 aliphatic rings. The number of ether oxygens (including phenoxy) is 2. The second-order valence-electron chi connectivity index (χ2n) is 13.2. The number of fused-ring (bicyclic) bond motifs is 4. The molecule has 250 valence electrons. The van der Waals surface area contributed by atoms with Crippen LogP contribution < -0.4 is 15.4 Å². The Morgan fingerprint density at radius 1 is 1.08 bits per heavy atom. The molecule has 4 aromatic rings. The van der Waals surface area contributed by atoms with Crippen LogP contribution in [0.4, 0.5) is 5.69 Å². The highest BCUT2D eigenvalue weighted by Gasteiger charge is 2.61. The molecule has 0 fully saturated rings. The van der Waals surface area contributed by atoms with E-state index in [9.17, 15) is 19.5 Å². The van der Waals surface area contributed by atoms with Crippen molar-refractivity contribution in [2.75, 3.05) is 11.9 Å². The van der Waals surface area contributed by atoms with Crippen LogP contribution in [0.25, 0.3) is 11.6 Å². The molecule has 3 N–H and O–H groups in total. The number of aliphatic hydroxyl groups is 1. The third-order valence-corrected chi connectivity index (χ3v) is 9.33. The molecule has 2 aromatic heterocycles. The summed E-state index contributed by atoms with van der Waals surface area (Å²) in [5.41, 5.74) is 2.31. The van der Waals surface area contributed by atoms with Crippen LogP contribution in [0.1, 0.15) is 86.0 Å². The number of amides is 1. The predicted molar refractivity (Wildman–Crippen MR) is 170 cm³/mol. The van der Waals surface area contributed by atoms with Crippen LogP contribution in [0.15, 0.2) is 51.4 Å². The first-order chi connectivity index (χ1) is 23.0. The number of aliphatic hydroxyl groups excluding tert-OH is 1. The van der Waals surface area contributed by atoms with Crippen molar-refractivity contribution in [3.05, 3.63) is 76.6 Å². The zero-order valence-electron chi connectivity index (χ0n) is 27.3. The van der Waals surface area contributed by atoms with E-state index in [1.54, 1.807) is 20.8 Å². The van der Waals surface area contributed by atoms with E-state index in [1.165, 1.54) is 0 Å². The van der Waals surface area contributed by atoms with E-state index in [0.29, 0.717) is 11.5 Å². The molecule has 48 heavy (non-hydrogen) atoms. The number of anilines is 1. The zero-order chi connectivity index (χ0) is 33.9. The van der Waals surface area contributed by atoms with E-state index in [-0.39, 0.29) is 60.5 Å². The number of carbonyl (C=O) groups is 3. The van der Waals surface area contributed by atoms with Gasteiger partial charge in [-0.15, -0.1) is 0 Å². The van der Waals surface area contributed by atoms with E-state index in [0.717, 1.165) is 22.4 Å². The Kier molecular flexibility index (Phi) is 7.81. The highest BCUT2D eigenvalue weighted by atomic mass is 16.5. The molecule has 5 atom stereocenters. The first-order valence-corrected chi connectivity index (χ1v) is 16.2. The van der Waals surface area contributed by atoms with Crippen molar-refractivity contribution in [1.29, 1.82) is 0 Å². The van der Waals surface area contributed by atoms with Crippen LogP contribution in [-0.4, -0.2) is 56.8 Å². The van der Waals surface area contributed by atoms with Crippen LogP contribution in [0.3, 0.4) is 0 Å². The number of hydrogen-bond acceptors (Lipinski definition) is 12. The fraction of sp³-hybridized carbons (Fsp3) is 0.429. The number of Topliss-reactive ketones (excluding diaryl/α,β-unsaturated/α-hetero) is 1. The molecular weight excluding hydrogens is 618 g/mol. The highest BCUT2D eigenvalue weighted by Crippen LogP contribution is 2.59. The van der Waals surface area contributed by atoms with Gasteiger partial charge in [-0.25, -0.2) is 9.78 Å². The summed E-state index contributed by atoms with van der Waals surface area (Å²) in [6.45, 7) is 9.17. The van der Waals surface area contributed by atoms with Gasteiger partial charge in [0.25, 0.3) is 11.7 Å². The Labute approximate surface area is 276 Å². The zero-order valence-corrected chi connectivity index (χ0v) is 27.3. The smallest absolute Gasteiger partial charge is 0.379 e. The Morgan fingerprint density at radius 3 is 2.62 bits per heavy atom. The molecule has 1 unspecified atom stereocenters. The van der Waals surface area contributed by atoms with Gasteiger partial charge in [-0.3, -0.25) is 9.59 Å². The number of nitrogens with one attached hydrogen (secondary N) is 2. The number of para-hydroxylation sites is 1. The third-order valence-electron chi connectivity index (χ3n) is 9.33. The molecular formula is C35H37N5O8. The molecule has 2 aromatic carbocycles. The van der Waals surface area contributed by atoms with Crippen molar-refractivity contribution < 1.29 is 37.9 Å². The summed E-state index contributed by atoms with van der Waals surface area (Å²) in [5, 5.41) is 21.0. The maximum atomic E-state index is 14.0. The number of oxazole rings is 1. The van der Waals surface area contributed by atoms with Gasteiger partial charge < -0.3 is 34.2 Å². The molecule has 1 spiro atoms. The Hall–Kier alpha value is -5.04. The maximum Gasteiger partial charge on any atom is 0.379 e. The number of aromatic nitrogens is 3. The van der Waals surface area contributed by atoms with Gasteiger partial charge in [0.2, 0.25) is 11.8 Å². The van der Waals surface area contributed by atoms with Crippen molar-refractivity contribution in [2.45, 2.75) is 71.2 Å². The van der Waals surface area contributed by atoms with Gasteiger partial charge in [0.05, 0.1) is 6.61 Å². The van der Waals surface area contributed by atoms with E-state index in [2.05, 4.69) is 20.8 Å². The first-order valence-electron chi connectivity index (χ1n) is 16.2. The minimum absolute atomic E-state index is 0.0694. The molecule has 0 saturated heterocycles. The van der Waals surface area contributed by atoms with Crippen molar-refractivity contribution in [3.8, 4) is 17.3 Å². The Morgan fingerprint density at radius 2 is 1.88 bits per heavy atom. The number of benzene rings is 2. The molecule has 4 bridgehead atoms. The summed E-state index contributed by atoms with van der Waals surface area (Å²) in [6.07, 6.45) is -1.77. The van der Waals surface area contributed by atoms with Gasteiger partial charge in [0, 0.05) is 23.6 Å². The number of hydrogen-bond donors (Lipinski definition) is 3. The van der Waals surface area contributed by atoms with Crippen LogP contribution in [0, 0.1) is 17.8 Å². The number of carbonyl (C=O) groups excluding carboxylic acids is 3. The van der Waals surface area contributed by atoms with Crippen molar-refractivity contribution in [3.63, 3.8) is 0 Å². The van der Waals surface area contributed by atoms with Gasteiger partial charge in [0.1, 0.15) is 23.3 Å². The average molecular weight is 656 g/mol. The van der Waals surface area contributed by atoms with Gasteiger partial charge in [0.15, 0.2) is 23.5 Å². The number of nitrogens with zero attached hydrogens (tertiary/aromatic N) is 3. The minimum atomic E-state index is -1.19. The molecule has 13 heteroatoms. The Balaban J connectivity index is 1.46. The summed E-state index contributed by atoms with van der Waals surface area (Å²) in [4.78, 5) is 49.0. The van der Waals surface area contributed by atoms with Crippen LogP contribution in [0.2, 0.25) is 0 Å². The van der Waals surface area contributed by atoms with E-state index in [4.69, 9.17) is 23.4 Å². The normalized spacial score (nSPS) is 22.9. The largest absolute Gasteiger partial charge is 0.469 e. The molecule has 5 heterocycles. The standard InChI is InChI=1S/C35H37N5O8/c1-6-45-33(44)29-39-32(48-40-29)26-28-35-20-9-7-8-10-22(20)36-34(35)46-24-12-11-18(14-21(24)35)13-19(15-23(41)27(42)17(4)5)30(43)37-25(16(2)3)31(38-26)47-28/h7-12,14,16-17,19,25,27,34,36,42H,6,13,15H2,1-5H3,(H,37,43)/t19-,25+,27+,34+,35?/m1/s1. The molecule has 7 rings (SSSR count). The molecule has 1 amide bonds. The SMILES string of the molecule is CCOC(=O)c1noc(-c2nc3oc2C24c5ccccc5N[C@H]2Oc2ccc(cc24)C[C@H](CC(=O)[C@@H](O)C(C)C)C(=O)N[C@H]3C(C)C)n1. The van der Waals surface area contributed by atoms with Crippen molar-refractivity contribution >= 4 is 23.3 Å². The molecule has 3 aliphatic heterocycles. The van der Waals surface area contributed by atoms with E-state index < -0.39 is 41.5 Å². The van der Waals surface area contributed by atoms with Crippen molar-refractivity contribution in [2.24, 2.45) is 17.8 Å². The maximum absolute atomic E-state index is 14.0. The summed E-state index contributed by atoms with van der Waals surface area (Å²) < 4.78 is 24.0. The van der Waals surface area contributed by atoms with Gasteiger partial charge in [-0.05, 0) is 53.6 Å². The first kappa shape index (κ1) is 31.6. The molecule has 13 nitrogen and oxygen atoms in total. The van der Waals surface area contributed by atoms with Crippen molar-refractivity contribution in [1.82, 2.24) is 20.4 Å². The topological polar surface area (TPSA) is 179 Å². The summed E-state index contributed by atoms with van der Waals surface area (Å²) >= 11 is 0. The highest BCUT2D eigenvalue weighted by molar-refractivity contribution is 5.90. The predicted octanol–water partition coefficient (Wildman–Crippen LogP) is 4.34. The minimum Gasteiger partial charge on any atom is -0.469 e. The van der Waals surface area contributed by atoms with E-state index >= 15 is 0 Å². The summed E-state index contributed by atoms with van der Waals surface area (Å²) in [6, 6.07) is 12.7. The lowest BCUT2D eigenvalue weighted by Gasteiger charge is -2.28. The summed E-state index contributed by atoms with van der Waals surface area (Å²) in [7, 11) is 0. The quantitative estimate of drug-likeness (QED) is 0.229. The molecule has 0 radical (unpaired) electrons. The molecule has 0 aliphatic carbocycles. The third kappa shape index (κ3) is 4.95. The number of esters is 1. The second kappa shape index (κ2) is 11.9. The number of ketones is 1. The van der Waals surface area contributed by atoms with Crippen LogP contribution >= 0.6 is 0 Å². The van der Waals surface area contributed by atoms with Crippen LogP contribution in [-0.2, 0) is 26.2 Å². The molecule has 0 saturated carbocycles. The monoisotopic (exact) mass is 655 g/mol. The lowest BCUT2D eigenvalue weighted by molar-refractivity contribution is -0.135. The second-order valence-corrected chi connectivity index (χ2v) is 13.2. The lowest BCUT2D eigenvalue weighted by atomic mass is 9.72. The average Bonchev–Trinajstić information content (AvgIpc) is 3.83. The lowest BCUT2D eigenvalue weighted by Crippen LogP contribution is -2.41. The van der Waals surface area contributed by atoms with Gasteiger partial charge >= 0.3 is 5.97 Å².